The molecule has 1 aliphatic heterocycles. The van der Waals surface area contributed by atoms with Crippen LogP contribution >= 0.6 is 0 Å². The number of hydrogen-bond acceptors (Lipinski definition) is 4. The van der Waals surface area contributed by atoms with E-state index in [0.29, 0.717) is 12.0 Å². The molecule has 0 amide bonds. The Hall–Kier alpha value is -1.32. The molecule has 1 atom stereocenters. The molecule has 2 fully saturated rings. The van der Waals surface area contributed by atoms with Crippen molar-refractivity contribution in [1.82, 2.24) is 9.97 Å². The highest BCUT2D eigenvalue weighted by molar-refractivity contribution is 5.51. The van der Waals surface area contributed by atoms with Crippen LogP contribution in [0.5, 0.6) is 0 Å². The highest BCUT2D eigenvalue weighted by Crippen LogP contribution is 2.39. The van der Waals surface area contributed by atoms with Crippen molar-refractivity contribution >= 4 is 11.6 Å². The third kappa shape index (κ3) is 2.82. The van der Waals surface area contributed by atoms with Crippen molar-refractivity contribution in [3.05, 3.63) is 11.9 Å². The molecule has 1 aromatic rings. The molecule has 3 rings (SSSR count). The second-order valence-electron chi connectivity index (χ2n) is 5.86. The summed E-state index contributed by atoms with van der Waals surface area (Å²) >= 11 is 0. The zero-order chi connectivity index (χ0) is 13.2. The zero-order valence-electron chi connectivity index (χ0n) is 12.0. The molecule has 104 valence electrons. The van der Waals surface area contributed by atoms with E-state index in [0.717, 1.165) is 37.0 Å². The minimum absolute atomic E-state index is 0.611. The monoisotopic (exact) mass is 260 g/mol. The minimum atomic E-state index is 0.611. The Morgan fingerprint density at radius 1 is 1.32 bits per heavy atom. The number of rotatable bonds is 5. The number of nitrogens with one attached hydrogen (secondary N) is 1. The first kappa shape index (κ1) is 12.7. The summed E-state index contributed by atoms with van der Waals surface area (Å²) in [6.45, 7) is 6.59. The van der Waals surface area contributed by atoms with Gasteiger partial charge in [0.15, 0.2) is 0 Å². The summed E-state index contributed by atoms with van der Waals surface area (Å²) in [6.07, 6.45) is 6.19. The maximum Gasteiger partial charge on any atom is 0.136 e. The largest absolute Gasteiger partial charge is 0.370 e. The lowest BCUT2D eigenvalue weighted by Gasteiger charge is -2.23. The van der Waals surface area contributed by atoms with E-state index in [1.54, 1.807) is 0 Å². The molecule has 1 aliphatic carbocycles. The van der Waals surface area contributed by atoms with Gasteiger partial charge in [-0.25, -0.2) is 9.97 Å². The maximum absolute atomic E-state index is 4.81. The molecule has 1 saturated heterocycles. The Morgan fingerprint density at radius 3 is 2.79 bits per heavy atom. The predicted octanol–water partition coefficient (Wildman–Crippen LogP) is 3.16. The van der Waals surface area contributed by atoms with Crippen molar-refractivity contribution in [2.75, 3.05) is 23.3 Å². The summed E-state index contributed by atoms with van der Waals surface area (Å²) in [5, 5.41) is 3.42. The van der Waals surface area contributed by atoms with Gasteiger partial charge in [-0.05, 0) is 39.0 Å². The van der Waals surface area contributed by atoms with Gasteiger partial charge in [-0.1, -0.05) is 6.92 Å². The van der Waals surface area contributed by atoms with Crippen LogP contribution in [0.25, 0.3) is 0 Å². The van der Waals surface area contributed by atoms with Gasteiger partial charge in [0.1, 0.15) is 17.5 Å². The normalized spacial score (nSPS) is 22.8. The maximum atomic E-state index is 4.81. The van der Waals surface area contributed by atoms with Crippen LogP contribution in [0.1, 0.15) is 57.7 Å². The average Bonchev–Trinajstić information content (AvgIpc) is 3.18. The fraction of sp³-hybridized carbons (Fsp3) is 0.733. The fourth-order valence-corrected chi connectivity index (χ4v) is 2.74. The van der Waals surface area contributed by atoms with E-state index in [4.69, 9.17) is 4.98 Å². The quantitative estimate of drug-likeness (QED) is 0.883. The second kappa shape index (κ2) is 5.35. The van der Waals surface area contributed by atoms with Gasteiger partial charge in [0.2, 0.25) is 0 Å². The Morgan fingerprint density at radius 2 is 2.16 bits per heavy atom. The Bertz CT molecular complexity index is 442. The smallest absolute Gasteiger partial charge is 0.136 e. The van der Waals surface area contributed by atoms with E-state index in [-0.39, 0.29) is 0 Å². The first-order chi connectivity index (χ1) is 9.28. The van der Waals surface area contributed by atoms with Gasteiger partial charge in [-0.15, -0.1) is 0 Å². The lowest BCUT2D eigenvalue weighted by Crippen LogP contribution is -2.27. The molecule has 4 nitrogen and oxygen atoms in total. The fourth-order valence-electron chi connectivity index (χ4n) is 2.74. The summed E-state index contributed by atoms with van der Waals surface area (Å²) in [7, 11) is 0. The number of anilines is 2. The Labute approximate surface area is 115 Å². The molecule has 2 aliphatic rings. The molecular weight excluding hydrogens is 236 g/mol. The highest BCUT2D eigenvalue weighted by Gasteiger charge is 2.29. The first-order valence-corrected chi connectivity index (χ1v) is 7.67. The van der Waals surface area contributed by atoms with Gasteiger partial charge in [-0.3, -0.25) is 0 Å². The zero-order valence-corrected chi connectivity index (χ0v) is 12.0. The number of aromatic nitrogens is 2. The molecule has 0 spiro atoms. The topological polar surface area (TPSA) is 41.0 Å². The van der Waals surface area contributed by atoms with Crippen LogP contribution < -0.4 is 10.2 Å². The molecule has 2 heterocycles. The average molecular weight is 260 g/mol. The van der Waals surface area contributed by atoms with Crippen LogP contribution in [-0.4, -0.2) is 29.1 Å². The Balaban J connectivity index is 1.86. The molecule has 1 unspecified atom stereocenters. The summed E-state index contributed by atoms with van der Waals surface area (Å²) in [5.41, 5.74) is 0. The molecule has 19 heavy (non-hydrogen) atoms. The van der Waals surface area contributed by atoms with Crippen LogP contribution in [0, 0.1) is 0 Å². The third-order valence-electron chi connectivity index (χ3n) is 4.08. The minimum Gasteiger partial charge on any atom is -0.370 e. The lowest BCUT2D eigenvalue weighted by atomic mass is 10.2. The van der Waals surface area contributed by atoms with E-state index in [1.165, 1.54) is 25.7 Å². The second-order valence-corrected chi connectivity index (χ2v) is 5.86. The van der Waals surface area contributed by atoms with Crippen molar-refractivity contribution in [2.24, 2.45) is 0 Å². The van der Waals surface area contributed by atoms with E-state index in [2.05, 4.69) is 35.1 Å². The summed E-state index contributed by atoms with van der Waals surface area (Å²) in [4.78, 5) is 11.9. The molecular formula is C15H24N4. The Kier molecular flexibility index (Phi) is 3.58. The highest BCUT2D eigenvalue weighted by atomic mass is 15.2. The van der Waals surface area contributed by atoms with Crippen molar-refractivity contribution in [1.29, 1.82) is 0 Å². The predicted molar refractivity (Wildman–Crippen MR) is 78.8 cm³/mol. The van der Waals surface area contributed by atoms with E-state index >= 15 is 0 Å². The van der Waals surface area contributed by atoms with Crippen LogP contribution in [0.2, 0.25) is 0 Å². The van der Waals surface area contributed by atoms with Gasteiger partial charge < -0.3 is 10.2 Å². The molecule has 1 aromatic heterocycles. The molecule has 1 N–H and O–H groups in total. The van der Waals surface area contributed by atoms with Crippen molar-refractivity contribution < 1.29 is 0 Å². The van der Waals surface area contributed by atoms with E-state index < -0.39 is 0 Å². The van der Waals surface area contributed by atoms with Crippen molar-refractivity contribution in [3.63, 3.8) is 0 Å². The number of hydrogen-bond donors (Lipinski definition) is 1. The van der Waals surface area contributed by atoms with E-state index in [9.17, 15) is 0 Å². The third-order valence-corrected chi connectivity index (χ3v) is 4.08. The van der Waals surface area contributed by atoms with E-state index in [1.807, 2.05) is 0 Å². The van der Waals surface area contributed by atoms with Gasteiger partial charge in [-0.2, -0.15) is 0 Å². The van der Waals surface area contributed by atoms with Gasteiger partial charge in [0.25, 0.3) is 0 Å². The van der Waals surface area contributed by atoms with Crippen LogP contribution in [0.15, 0.2) is 6.07 Å². The standard InChI is InChI=1S/C15H24N4/c1-3-8-16-13-10-14(19-9-4-5-11(19)2)18-15(17-13)12-6-7-12/h10-12H,3-9H2,1-2H3,(H,16,17,18). The molecule has 0 aromatic carbocycles. The summed E-state index contributed by atoms with van der Waals surface area (Å²) in [5.74, 6) is 3.79. The molecule has 4 heteroatoms. The van der Waals surface area contributed by atoms with Gasteiger partial charge in [0.05, 0.1) is 0 Å². The summed E-state index contributed by atoms with van der Waals surface area (Å²) in [6, 6.07) is 2.74. The van der Waals surface area contributed by atoms with Gasteiger partial charge in [0, 0.05) is 31.1 Å². The van der Waals surface area contributed by atoms with Crippen molar-refractivity contribution in [3.8, 4) is 0 Å². The number of nitrogens with zero attached hydrogens (tertiary/aromatic N) is 3. The molecule has 0 bridgehead atoms. The van der Waals surface area contributed by atoms with Crippen molar-refractivity contribution in [2.45, 2.75) is 57.9 Å². The van der Waals surface area contributed by atoms with Crippen LogP contribution in [0.4, 0.5) is 11.6 Å². The summed E-state index contributed by atoms with van der Waals surface area (Å²) < 4.78 is 0. The van der Waals surface area contributed by atoms with Crippen LogP contribution in [-0.2, 0) is 0 Å². The first-order valence-electron chi connectivity index (χ1n) is 7.67. The molecule has 0 radical (unpaired) electrons. The van der Waals surface area contributed by atoms with Crippen LogP contribution in [0.3, 0.4) is 0 Å². The molecule has 1 saturated carbocycles. The SMILES string of the molecule is CCCNc1cc(N2CCCC2C)nc(C2CC2)n1. The lowest BCUT2D eigenvalue weighted by molar-refractivity contribution is 0.721. The van der Waals surface area contributed by atoms with Gasteiger partial charge >= 0.3 is 0 Å².